The van der Waals surface area contributed by atoms with Crippen molar-refractivity contribution in [1.29, 1.82) is 0 Å². The number of halogens is 3. The monoisotopic (exact) mass is 489 g/mol. The molecule has 9 heteroatoms. The van der Waals surface area contributed by atoms with E-state index >= 15 is 0 Å². The maximum atomic E-state index is 13.4. The number of carbonyl (C=O) groups excluding carboxylic acids is 1. The lowest BCUT2D eigenvalue weighted by atomic mass is 9.91. The van der Waals surface area contributed by atoms with Crippen LogP contribution < -0.4 is 9.47 Å². The molecule has 35 heavy (non-hydrogen) atoms. The Morgan fingerprint density at radius 1 is 1.11 bits per heavy atom. The molecule has 188 valence electrons. The Kier molecular flexibility index (Phi) is 6.46. The minimum absolute atomic E-state index is 0.0954. The van der Waals surface area contributed by atoms with Gasteiger partial charge in [-0.05, 0) is 48.7 Å². The third-order valence-electron chi connectivity index (χ3n) is 6.09. The zero-order chi connectivity index (χ0) is 25.5. The summed E-state index contributed by atoms with van der Waals surface area (Å²) in [5, 5.41) is 0. The van der Waals surface area contributed by atoms with Crippen molar-refractivity contribution in [2.75, 3.05) is 26.7 Å². The van der Waals surface area contributed by atoms with E-state index in [0.29, 0.717) is 49.0 Å². The second-order valence-corrected chi connectivity index (χ2v) is 10.2. The van der Waals surface area contributed by atoms with Gasteiger partial charge in [0.15, 0.2) is 5.75 Å². The van der Waals surface area contributed by atoms with Gasteiger partial charge in [0.05, 0.1) is 18.2 Å². The number of fused-ring (bicyclic) bond motifs is 2. The highest BCUT2D eigenvalue weighted by Crippen LogP contribution is 2.42. The van der Waals surface area contributed by atoms with Crippen molar-refractivity contribution in [2.45, 2.75) is 46.3 Å². The largest absolute Gasteiger partial charge is 0.497 e. The maximum Gasteiger partial charge on any atom is 0.416 e. The lowest BCUT2D eigenvalue weighted by Gasteiger charge is -2.42. The number of methoxy groups -OCH3 is 1. The number of hydrogen-bond donors (Lipinski definition) is 0. The van der Waals surface area contributed by atoms with Crippen LogP contribution in [-0.4, -0.2) is 54.3 Å². The van der Waals surface area contributed by atoms with E-state index in [9.17, 15) is 18.0 Å². The number of benzene rings is 2. The van der Waals surface area contributed by atoms with E-state index in [2.05, 4.69) is 4.99 Å². The van der Waals surface area contributed by atoms with Crippen molar-refractivity contribution >= 4 is 17.4 Å². The highest BCUT2D eigenvalue weighted by Gasteiger charge is 2.35. The summed E-state index contributed by atoms with van der Waals surface area (Å²) >= 11 is 0. The molecule has 2 aliphatic rings. The minimum Gasteiger partial charge on any atom is -0.497 e. The first-order valence-corrected chi connectivity index (χ1v) is 11.6. The zero-order valence-corrected chi connectivity index (χ0v) is 20.6. The molecule has 0 bridgehead atoms. The van der Waals surface area contributed by atoms with Gasteiger partial charge in [0.2, 0.25) is 5.91 Å². The lowest BCUT2D eigenvalue weighted by Crippen LogP contribution is -2.56. The number of hydrogen-bond acceptors (Lipinski definition) is 5. The summed E-state index contributed by atoms with van der Waals surface area (Å²) in [6, 6.07) is 8.42. The molecule has 2 heterocycles. The number of piperazine rings is 1. The van der Waals surface area contributed by atoms with Gasteiger partial charge >= 0.3 is 6.18 Å². The molecular weight excluding hydrogens is 459 g/mol. The number of nitrogens with zero attached hydrogens (tertiary/aromatic N) is 3. The van der Waals surface area contributed by atoms with Gasteiger partial charge in [-0.15, -0.1) is 0 Å². The van der Waals surface area contributed by atoms with Crippen LogP contribution in [0.25, 0.3) is 0 Å². The lowest BCUT2D eigenvalue weighted by molar-refractivity contribution is -0.138. The van der Waals surface area contributed by atoms with E-state index in [1.165, 1.54) is 6.07 Å². The summed E-state index contributed by atoms with van der Waals surface area (Å²) in [5.41, 5.74) is -0.191. The van der Waals surface area contributed by atoms with Crippen molar-refractivity contribution in [3.05, 3.63) is 47.5 Å². The number of rotatable bonds is 2. The normalized spacial score (nSPS) is 18.2. The van der Waals surface area contributed by atoms with Gasteiger partial charge in [-0.1, -0.05) is 20.8 Å². The van der Waals surface area contributed by atoms with E-state index in [4.69, 9.17) is 9.47 Å². The van der Waals surface area contributed by atoms with Crippen LogP contribution in [-0.2, 0) is 11.0 Å². The number of amides is 1. The Morgan fingerprint density at radius 2 is 1.83 bits per heavy atom. The Morgan fingerprint density at radius 3 is 2.46 bits per heavy atom. The van der Waals surface area contributed by atoms with Crippen molar-refractivity contribution < 1.29 is 27.4 Å². The summed E-state index contributed by atoms with van der Waals surface area (Å²) in [6.45, 7) is 9.53. The molecule has 4 rings (SSSR count). The van der Waals surface area contributed by atoms with Crippen molar-refractivity contribution in [3.8, 4) is 17.2 Å². The Labute approximate surface area is 203 Å². The summed E-state index contributed by atoms with van der Waals surface area (Å²) in [4.78, 5) is 21.4. The average Bonchev–Trinajstić information content (AvgIpc) is 2.92. The second kappa shape index (κ2) is 9.09. The summed E-state index contributed by atoms with van der Waals surface area (Å²) in [6.07, 6.45) is -4.06. The molecule has 6 nitrogen and oxygen atoms in total. The average molecular weight is 490 g/mol. The Hall–Kier alpha value is -3.23. The Balaban J connectivity index is 1.72. The van der Waals surface area contributed by atoms with E-state index in [1.807, 2.05) is 37.5 Å². The third kappa shape index (κ3) is 5.39. The summed E-state index contributed by atoms with van der Waals surface area (Å²) in [7, 11) is 1.54. The van der Waals surface area contributed by atoms with Crippen LogP contribution in [0.4, 0.5) is 18.9 Å². The standard InChI is InChI=1S/C26H30F3N3O3/c1-16-15-31(10-11-32(16)23(33)14-25(2,3)4)24-19-13-18(34-5)7-9-21(19)35-22-8-6-17(26(27,28)29)12-20(22)30-24/h6-9,12-13,16H,10-11,14-15H2,1-5H3/t16-/m1/s1. The molecule has 0 radical (unpaired) electrons. The number of aliphatic imine (C=N–C) groups is 1. The quantitative estimate of drug-likeness (QED) is 0.530. The van der Waals surface area contributed by atoms with E-state index in [0.717, 1.165) is 12.1 Å². The number of alkyl halides is 3. The van der Waals surface area contributed by atoms with Crippen molar-refractivity contribution in [3.63, 3.8) is 0 Å². The maximum absolute atomic E-state index is 13.4. The molecule has 0 aromatic heterocycles. The van der Waals surface area contributed by atoms with Gasteiger partial charge < -0.3 is 19.3 Å². The molecule has 0 unspecified atom stereocenters. The molecule has 2 aromatic carbocycles. The molecule has 1 amide bonds. The van der Waals surface area contributed by atoms with Crippen LogP contribution in [0, 0.1) is 5.41 Å². The van der Waals surface area contributed by atoms with E-state index < -0.39 is 11.7 Å². The molecule has 1 atom stereocenters. The van der Waals surface area contributed by atoms with Gasteiger partial charge in [0, 0.05) is 32.1 Å². The molecule has 0 N–H and O–H groups in total. The van der Waals surface area contributed by atoms with Gasteiger partial charge in [0.25, 0.3) is 0 Å². The summed E-state index contributed by atoms with van der Waals surface area (Å²) in [5.74, 6) is 1.88. The van der Waals surface area contributed by atoms with Crippen LogP contribution in [0.1, 0.15) is 45.2 Å². The summed E-state index contributed by atoms with van der Waals surface area (Å²) < 4.78 is 51.6. The SMILES string of the molecule is COc1ccc2c(c1)C(N1CCN(C(=O)CC(C)(C)C)[C@H](C)C1)=Nc1cc(C(F)(F)F)ccc1O2. The van der Waals surface area contributed by atoms with Gasteiger partial charge in [-0.3, -0.25) is 4.79 Å². The molecule has 2 aromatic rings. The number of carbonyl (C=O) groups is 1. The third-order valence-corrected chi connectivity index (χ3v) is 6.09. The molecule has 0 saturated carbocycles. The topological polar surface area (TPSA) is 54.4 Å². The van der Waals surface area contributed by atoms with Crippen LogP contribution in [0.2, 0.25) is 0 Å². The molecule has 2 aliphatic heterocycles. The second-order valence-electron chi connectivity index (χ2n) is 10.2. The van der Waals surface area contributed by atoms with Gasteiger partial charge in [-0.2, -0.15) is 13.2 Å². The predicted molar refractivity (Wildman–Crippen MR) is 128 cm³/mol. The molecule has 1 fully saturated rings. The smallest absolute Gasteiger partial charge is 0.416 e. The minimum atomic E-state index is -4.50. The highest BCUT2D eigenvalue weighted by atomic mass is 19.4. The number of amidine groups is 1. The predicted octanol–water partition coefficient (Wildman–Crippen LogP) is 5.87. The first kappa shape index (κ1) is 24.9. The fourth-order valence-corrected chi connectivity index (χ4v) is 4.38. The van der Waals surface area contributed by atoms with E-state index in [-0.39, 0.29) is 28.8 Å². The van der Waals surface area contributed by atoms with Gasteiger partial charge in [-0.25, -0.2) is 4.99 Å². The van der Waals surface area contributed by atoms with E-state index in [1.54, 1.807) is 25.3 Å². The van der Waals surface area contributed by atoms with Crippen LogP contribution in [0.15, 0.2) is 41.4 Å². The molecule has 0 aliphatic carbocycles. The Bertz CT molecular complexity index is 1150. The first-order chi connectivity index (χ1) is 16.4. The molecular formula is C26H30F3N3O3. The fourth-order valence-electron chi connectivity index (χ4n) is 4.38. The van der Waals surface area contributed by atoms with Gasteiger partial charge in [0.1, 0.15) is 23.0 Å². The molecule has 0 spiro atoms. The van der Waals surface area contributed by atoms with Crippen LogP contribution in [0.5, 0.6) is 17.2 Å². The first-order valence-electron chi connectivity index (χ1n) is 11.6. The number of ether oxygens (including phenoxy) is 2. The van der Waals surface area contributed by atoms with Crippen molar-refractivity contribution in [2.24, 2.45) is 10.4 Å². The highest BCUT2D eigenvalue weighted by molar-refractivity contribution is 6.04. The van der Waals surface area contributed by atoms with Crippen LogP contribution in [0.3, 0.4) is 0 Å². The zero-order valence-electron chi connectivity index (χ0n) is 20.6. The van der Waals surface area contributed by atoms with Crippen LogP contribution >= 0.6 is 0 Å². The molecule has 1 saturated heterocycles. The van der Waals surface area contributed by atoms with Crippen molar-refractivity contribution in [1.82, 2.24) is 9.80 Å². The fraction of sp³-hybridized carbons (Fsp3) is 0.462.